The molecule has 0 aliphatic heterocycles. The van der Waals surface area contributed by atoms with E-state index in [9.17, 15) is 35.5 Å². The molecule has 0 saturated carbocycles. The highest BCUT2D eigenvalue weighted by Crippen LogP contribution is 2.30. The van der Waals surface area contributed by atoms with Crippen molar-refractivity contribution in [1.29, 1.82) is 0 Å². The summed E-state index contributed by atoms with van der Waals surface area (Å²) in [6.45, 7) is 0. The van der Waals surface area contributed by atoms with Crippen LogP contribution in [0.3, 0.4) is 0 Å². The highest BCUT2D eigenvalue weighted by Gasteiger charge is 2.32. The van der Waals surface area contributed by atoms with Crippen LogP contribution < -0.4 is 15.4 Å². The van der Waals surface area contributed by atoms with Crippen LogP contribution in [0.25, 0.3) is 0 Å². The Hall–Kier alpha value is -3.67. The number of hydrogen-bond donors (Lipinski definition) is 2. The van der Waals surface area contributed by atoms with Gasteiger partial charge in [-0.1, -0.05) is 30.3 Å². The third-order valence-corrected chi connectivity index (χ3v) is 5.43. The van der Waals surface area contributed by atoms with Crippen molar-refractivity contribution in [2.24, 2.45) is 0 Å². The number of hydrogen-bond acceptors (Lipinski definition) is 4. The monoisotopic (exact) mass is 529 g/mol. The third kappa shape index (κ3) is 8.17. The van der Waals surface area contributed by atoms with Crippen molar-refractivity contribution in [3.63, 3.8) is 0 Å². The summed E-state index contributed by atoms with van der Waals surface area (Å²) in [5, 5.41) is 5.64. The van der Waals surface area contributed by atoms with E-state index in [-0.39, 0.29) is 12.8 Å². The predicted molar refractivity (Wildman–Crippen MR) is 120 cm³/mol. The number of ether oxygens (including phenoxy) is 1. The number of carbonyl (C=O) groups is 1. The maximum atomic E-state index is 13.4. The fourth-order valence-corrected chi connectivity index (χ4v) is 3.62. The number of benzene rings is 2. The molecule has 3 rings (SSSR count). The Morgan fingerprint density at radius 3 is 2.05 bits per heavy atom. The topological polar surface area (TPSA) is 63.2 Å². The van der Waals surface area contributed by atoms with Gasteiger partial charge in [0.15, 0.2) is 0 Å². The van der Waals surface area contributed by atoms with Crippen LogP contribution in [0.15, 0.2) is 66.9 Å². The van der Waals surface area contributed by atoms with Gasteiger partial charge < -0.3 is 10.1 Å². The first-order chi connectivity index (χ1) is 17.4. The fourth-order valence-electron chi connectivity index (χ4n) is 3.62. The standard InChI is InChI=1S/C25H22F7N3O2/c1-33-23(36)22(17-4-8-18(26)9-5-17)35-20(16-6-10-19(11-7-16)37-25(30,31)32)12-2-15-3-13-21(34-14-15)24(27,28)29/h3-11,13-14,20,22,35H,2,12H2,1H3,(H,33,36)/t20-,22?/m0/s1. The fraction of sp³-hybridized carbons (Fsp3) is 0.280. The summed E-state index contributed by atoms with van der Waals surface area (Å²) >= 11 is 0. The zero-order valence-electron chi connectivity index (χ0n) is 19.3. The molecule has 12 heteroatoms. The predicted octanol–water partition coefficient (Wildman–Crippen LogP) is 5.89. The molecular formula is C25H22F7N3O2. The molecule has 1 unspecified atom stereocenters. The van der Waals surface area contributed by atoms with Gasteiger partial charge in [0, 0.05) is 19.3 Å². The lowest BCUT2D eigenvalue weighted by molar-refractivity contribution is -0.274. The Balaban J connectivity index is 1.88. The number of aryl methyl sites for hydroxylation is 1. The van der Waals surface area contributed by atoms with E-state index in [2.05, 4.69) is 20.4 Å². The molecule has 1 aromatic heterocycles. The van der Waals surface area contributed by atoms with E-state index in [1.807, 2.05) is 0 Å². The van der Waals surface area contributed by atoms with Crippen LogP contribution in [0.2, 0.25) is 0 Å². The van der Waals surface area contributed by atoms with Gasteiger partial charge >= 0.3 is 12.5 Å². The van der Waals surface area contributed by atoms with Crippen LogP contribution in [0.4, 0.5) is 30.7 Å². The van der Waals surface area contributed by atoms with Crippen molar-refractivity contribution >= 4 is 5.91 Å². The number of nitrogens with one attached hydrogen (secondary N) is 2. The molecule has 0 bridgehead atoms. The van der Waals surface area contributed by atoms with Gasteiger partial charge in [-0.2, -0.15) is 13.2 Å². The number of nitrogens with zero attached hydrogens (tertiary/aromatic N) is 1. The summed E-state index contributed by atoms with van der Waals surface area (Å²) in [6.07, 6.45) is -7.90. The highest BCUT2D eigenvalue weighted by molar-refractivity contribution is 5.83. The van der Waals surface area contributed by atoms with Crippen molar-refractivity contribution in [3.8, 4) is 5.75 Å². The number of aromatic nitrogens is 1. The van der Waals surface area contributed by atoms with Gasteiger partial charge in [0.25, 0.3) is 0 Å². The van der Waals surface area contributed by atoms with E-state index in [0.717, 1.165) is 24.4 Å². The lowest BCUT2D eigenvalue weighted by Gasteiger charge is -2.26. The van der Waals surface area contributed by atoms with Gasteiger partial charge in [0.2, 0.25) is 5.91 Å². The van der Waals surface area contributed by atoms with Crippen LogP contribution in [-0.2, 0) is 17.4 Å². The Bertz CT molecular complexity index is 1160. The minimum atomic E-state index is -4.87. The molecule has 5 nitrogen and oxygen atoms in total. The number of alkyl halides is 6. The van der Waals surface area contributed by atoms with E-state index in [4.69, 9.17) is 0 Å². The molecule has 37 heavy (non-hydrogen) atoms. The number of amides is 1. The van der Waals surface area contributed by atoms with Gasteiger partial charge in [-0.15, -0.1) is 13.2 Å². The molecule has 0 radical (unpaired) electrons. The smallest absolute Gasteiger partial charge is 0.406 e. The molecule has 0 fully saturated rings. The number of rotatable bonds is 9. The van der Waals surface area contributed by atoms with E-state index >= 15 is 0 Å². The molecule has 0 saturated heterocycles. The van der Waals surface area contributed by atoms with Gasteiger partial charge in [-0.3, -0.25) is 15.1 Å². The molecule has 1 heterocycles. The molecule has 3 aromatic rings. The lowest BCUT2D eigenvalue weighted by Crippen LogP contribution is -2.38. The van der Waals surface area contributed by atoms with Crippen molar-refractivity contribution in [1.82, 2.24) is 15.6 Å². The van der Waals surface area contributed by atoms with Crippen LogP contribution in [0, 0.1) is 5.82 Å². The molecule has 0 aliphatic rings. The number of halogens is 7. The Kier molecular flexibility index (Phi) is 8.74. The van der Waals surface area contributed by atoms with E-state index in [1.165, 1.54) is 49.5 Å². The average Bonchev–Trinajstić information content (AvgIpc) is 2.84. The van der Waals surface area contributed by atoms with Crippen LogP contribution in [-0.4, -0.2) is 24.3 Å². The van der Waals surface area contributed by atoms with E-state index in [0.29, 0.717) is 16.7 Å². The molecule has 2 atom stereocenters. The maximum absolute atomic E-state index is 13.4. The van der Waals surface area contributed by atoms with Crippen molar-refractivity contribution < 1.29 is 40.3 Å². The second-order valence-corrected chi connectivity index (χ2v) is 8.02. The maximum Gasteiger partial charge on any atom is 0.573 e. The first-order valence-electron chi connectivity index (χ1n) is 11.0. The molecule has 1 amide bonds. The minimum absolute atomic E-state index is 0.230. The van der Waals surface area contributed by atoms with Crippen LogP contribution in [0.5, 0.6) is 5.75 Å². The summed E-state index contributed by atoms with van der Waals surface area (Å²) in [4.78, 5) is 16.1. The molecule has 2 aromatic carbocycles. The Morgan fingerprint density at radius 1 is 0.919 bits per heavy atom. The van der Waals surface area contributed by atoms with Crippen molar-refractivity contribution in [2.75, 3.05) is 7.05 Å². The summed E-state index contributed by atoms with van der Waals surface area (Å²) in [7, 11) is 1.41. The van der Waals surface area contributed by atoms with Gasteiger partial charge in [-0.25, -0.2) is 4.39 Å². The lowest BCUT2D eigenvalue weighted by atomic mass is 9.96. The van der Waals surface area contributed by atoms with Gasteiger partial charge in [-0.05, 0) is 59.9 Å². The summed E-state index contributed by atoms with van der Waals surface area (Å²) in [5.41, 5.74) is 0.363. The second-order valence-electron chi connectivity index (χ2n) is 8.02. The number of pyridine rings is 1. The van der Waals surface area contributed by atoms with Gasteiger partial charge in [0.1, 0.15) is 23.3 Å². The molecule has 0 spiro atoms. The number of likely N-dealkylation sites (N-methyl/N-ethyl adjacent to an activating group) is 1. The number of carbonyl (C=O) groups excluding carboxylic acids is 1. The third-order valence-electron chi connectivity index (χ3n) is 5.43. The first-order valence-corrected chi connectivity index (χ1v) is 11.0. The first kappa shape index (κ1) is 27.9. The SMILES string of the molecule is CNC(=O)C(N[C@@H](CCc1ccc(C(F)(F)F)nc1)c1ccc(OC(F)(F)F)cc1)c1ccc(F)cc1. The minimum Gasteiger partial charge on any atom is -0.406 e. The largest absolute Gasteiger partial charge is 0.573 e. The normalized spacial score (nSPS) is 13.6. The van der Waals surface area contributed by atoms with Crippen molar-refractivity contribution in [2.45, 2.75) is 37.5 Å². The summed E-state index contributed by atoms with van der Waals surface area (Å²) < 4.78 is 93.4. The van der Waals surface area contributed by atoms with E-state index < -0.39 is 47.8 Å². The Morgan fingerprint density at radius 2 is 1.54 bits per heavy atom. The molecule has 198 valence electrons. The summed E-state index contributed by atoms with van der Waals surface area (Å²) in [6, 6.07) is 10.7. The Labute approximate surface area is 207 Å². The van der Waals surface area contributed by atoms with E-state index in [1.54, 1.807) is 0 Å². The quantitative estimate of drug-likeness (QED) is 0.340. The van der Waals surface area contributed by atoms with Crippen LogP contribution in [0.1, 0.15) is 40.9 Å². The summed E-state index contributed by atoms with van der Waals surface area (Å²) in [5.74, 6) is -1.40. The second kappa shape index (κ2) is 11.6. The van der Waals surface area contributed by atoms with Crippen LogP contribution >= 0.6 is 0 Å². The van der Waals surface area contributed by atoms with Gasteiger partial charge in [0.05, 0.1) is 0 Å². The zero-order chi connectivity index (χ0) is 27.2. The zero-order valence-corrected chi connectivity index (χ0v) is 19.3. The molecular weight excluding hydrogens is 507 g/mol. The average molecular weight is 529 g/mol. The molecule has 2 N–H and O–H groups in total. The molecule has 0 aliphatic carbocycles. The highest BCUT2D eigenvalue weighted by atomic mass is 19.4. The van der Waals surface area contributed by atoms with Crippen molar-refractivity contribution in [3.05, 3.63) is 95.1 Å².